The van der Waals surface area contributed by atoms with E-state index in [1.165, 1.54) is 12.8 Å². The predicted octanol–water partition coefficient (Wildman–Crippen LogP) is 3.93. The van der Waals surface area contributed by atoms with Gasteiger partial charge in [-0.15, -0.1) is 0 Å². The minimum absolute atomic E-state index is 0.433. The summed E-state index contributed by atoms with van der Waals surface area (Å²) in [6.07, 6.45) is -0.883. The third-order valence-corrected chi connectivity index (χ3v) is 5.15. The Kier molecular flexibility index (Phi) is 3.87. The van der Waals surface area contributed by atoms with E-state index >= 15 is 0 Å². The van der Waals surface area contributed by atoms with Crippen molar-refractivity contribution in [1.82, 2.24) is 9.88 Å². The van der Waals surface area contributed by atoms with E-state index in [9.17, 15) is 13.2 Å². The first-order chi connectivity index (χ1) is 11.5. The summed E-state index contributed by atoms with van der Waals surface area (Å²) in [5.74, 6) is 0.477. The van der Waals surface area contributed by atoms with Crippen LogP contribution in [-0.4, -0.2) is 42.1 Å². The molecule has 1 unspecified atom stereocenters. The summed E-state index contributed by atoms with van der Waals surface area (Å²) in [4.78, 5) is 8.53. The number of benzene rings is 1. The molecule has 2 aliphatic heterocycles. The van der Waals surface area contributed by atoms with Crippen LogP contribution in [0.5, 0.6) is 0 Å². The molecule has 2 aromatic rings. The second-order valence-electron chi connectivity index (χ2n) is 6.68. The standard InChI is InChI=1S/C18H20F3N3/c19-18(20,21)16-11-13-5-1-2-7-15(13)17(22-16)24-10-9-23-8-4-3-6-14(23)12-24/h1-2,5,7,11,14H,3-4,6,8-10,12H2. The number of aromatic nitrogens is 1. The van der Waals surface area contributed by atoms with Crippen LogP contribution in [0.2, 0.25) is 0 Å². The quantitative estimate of drug-likeness (QED) is 0.787. The van der Waals surface area contributed by atoms with Crippen molar-refractivity contribution in [2.24, 2.45) is 0 Å². The minimum atomic E-state index is -4.43. The van der Waals surface area contributed by atoms with Gasteiger partial charge in [0.15, 0.2) is 0 Å². The molecule has 2 aliphatic rings. The van der Waals surface area contributed by atoms with Gasteiger partial charge in [-0.2, -0.15) is 13.2 Å². The molecule has 0 bridgehead atoms. The summed E-state index contributed by atoms with van der Waals surface area (Å²) in [7, 11) is 0. The highest BCUT2D eigenvalue weighted by molar-refractivity contribution is 5.92. The molecule has 3 heterocycles. The van der Waals surface area contributed by atoms with E-state index in [4.69, 9.17) is 0 Å². The fraction of sp³-hybridized carbons (Fsp3) is 0.500. The van der Waals surface area contributed by atoms with Crippen LogP contribution < -0.4 is 4.90 Å². The SMILES string of the molecule is FC(F)(F)c1cc2ccccc2c(N2CCN3CCCCC3C2)n1. The highest BCUT2D eigenvalue weighted by Gasteiger charge is 2.35. The third-order valence-electron chi connectivity index (χ3n) is 5.15. The smallest absolute Gasteiger partial charge is 0.353 e. The predicted molar refractivity (Wildman–Crippen MR) is 88.2 cm³/mol. The van der Waals surface area contributed by atoms with E-state index in [2.05, 4.69) is 9.88 Å². The average molecular weight is 335 g/mol. The van der Waals surface area contributed by atoms with Crippen molar-refractivity contribution < 1.29 is 13.2 Å². The second kappa shape index (κ2) is 5.92. The second-order valence-corrected chi connectivity index (χ2v) is 6.68. The van der Waals surface area contributed by atoms with Gasteiger partial charge in [-0.3, -0.25) is 4.90 Å². The zero-order valence-electron chi connectivity index (χ0n) is 13.4. The van der Waals surface area contributed by atoms with Crippen LogP contribution in [0, 0.1) is 0 Å². The number of alkyl halides is 3. The summed E-state index contributed by atoms with van der Waals surface area (Å²) in [5.41, 5.74) is -0.803. The lowest BCUT2D eigenvalue weighted by Crippen LogP contribution is -2.55. The van der Waals surface area contributed by atoms with Crippen molar-refractivity contribution in [3.63, 3.8) is 0 Å². The molecule has 24 heavy (non-hydrogen) atoms. The van der Waals surface area contributed by atoms with Gasteiger partial charge in [-0.25, -0.2) is 4.98 Å². The van der Waals surface area contributed by atoms with Crippen molar-refractivity contribution in [3.05, 3.63) is 36.0 Å². The van der Waals surface area contributed by atoms with Gasteiger partial charge < -0.3 is 4.90 Å². The maximum Gasteiger partial charge on any atom is 0.433 e. The van der Waals surface area contributed by atoms with Gasteiger partial charge in [0.05, 0.1) is 0 Å². The molecule has 2 saturated heterocycles. The Morgan fingerprint density at radius 1 is 1.04 bits per heavy atom. The molecule has 2 fully saturated rings. The summed E-state index contributed by atoms with van der Waals surface area (Å²) in [6.45, 7) is 3.50. The molecule has 0 aliphatic carbocycles. The first-order valence-electron chi connectivity index (χ1n) is 8.48. The lowest BCUT2D eigenvalue weighted by Gasteiger charge is -2.44. The van der Waals surface area contributed by atoms with Crippen molar-refractivity contribution in [3.8, 4) is 0 Å². The maximum atomic E-state index is 13.2. The van der Waals surface area contributed by atoms with Gasteiger partial charge in [0.25, 0.3) is 0 Å². The topological polar surface area (TPSA) is 19.4 Å². The van der Waals surface area contributed by atoms with Crippen molar-refractivity contribution in [2.75, 3.05) is 31.1 Å². The highest BCUT2D eigenvalue weighted by atomic mass is 19.4. The van der Waals surface area contributed by atoms with Crippen LogP contribution in [0.15, 0.2) is 30.3 Å². The van der Waals surface area contributed by atoms with Gasteiger partial charge in [0.2, 0.25) is 0 Å². The molecule has 3 nitrogen and oxygen atoms in total. The molecular formula is C18H20F3N3. The zero-order valence-corrected chi connectivity index (χ0v) is 13.4. The molecule has 0 amide bonds. The molecule has 0 saturated carbocycles. The van der Waals surface area contributed by atoms with Crippen LogP contribution in [-0.2, 0) is 6.18 Å². The highest BCUT2D eigenvalue weighted by Crippen LogP contribution is 2.35. The molecule has 0 spiro atoms. The minimum Gasteiger partial charge on any atom is -0.353 e. The number of nitrogens with zero attached hydrogens (tertiary/aromatic N) is 3. The molecule has 0 N–H and O–H groups in total. The summed E-state index contributed by atoms with van der Waals surface area (Å²) in [6, 6.07) is 8.80. The van der Waals surface area contributed by atoms with Crippen LogP contribution in [0.1, 0.15) is 25.0 Å². The number of halogens is 3. The molecule has 128 valence electrons. The molecular weight excluding hydrogens is 315 g/mol. The van der Waals surface area contributed by atoms with E-state index < -0.39 is 11.9 Å². The number of hydrogen-bond acceptors (Lipinski definition) is 3. The van der Waals surface area contributed by atoms with E-state index in [0.29, 0.717) is 17.2 Å². The van der Waals surface area contributed by atoms with Crippen molar-refractivity contribution in [1.29, 1.82) is 0 Å². The zero-order chi connectivity index (χ0) is 16.7. The Hall–Kier alpha value is -1.82. The average Bonchev–Trinajstić information content (AvgIpc) is 2.59. The fourth-order valence-electron chi connectivity index (χ4n) is 3.92. The number of anilines is 1. The Morgan fingerprint density at radius 3 is 2.71 bits per heavy atom. The number of hydrogen-bond donors (Lipinski definition) is 0. The third kappa shape index (κ3) is 2.83. The Morgan fingerprint density at radius 2 is 1.88 bits per heavy atom. The maximum absolute atomic E-state index is 13.2. The van der Waals surface area contributed by atoms with Gasteiger partial charge in [-0.1, -0.05) is 30.7 Å². The lowest BCUT2D eigenvalue weighted by molar-refractivity contribution is -0.141. The number of rotatable bonds is 1. The van der Waals surface area contributed by atoms with Crippen molar-refractivity contribution >= 4 is 16.6 Å². The van der Waals surface area contributed by atoms with Gasteiger partial charge in [0, 0.05) is 31.1 Å². The van der Waals surface area contributed by atoms with E-state index in [-0.39, 0.29) is 0 Å². The molecule has 1 atom stereocenters. The van der Waals surface area contributed by atoms with Gasteiger partial charge >= 0.3 is 6.18 Å². The lowest BCUT2D eigenvalue weighted by atomic mass is 9.99. The van der Waals surface area contributed by atoms with E-state index in [1.54, 1.807) is 12.1 Å². The van der Waals surface area contributed by atoms with Crippen LogP contribution >= 0.6 is 0 Å². The molecule has 1 aromatic heterocycles. The van der Waals surface area contributed by atoms with Crippen LogP contribution in [0.25, 0.3) is 10.8 Å². The summed E-state index contributed by atoms with van der Waals surface area (Å²) in [5, 5.41) is 1.40. The fourth-order valence-corrected chi connectivity index (χ4v) is 3.92. The molecule has 1 aromatic carbocycles. The van der Waals surface area contributed by atoms with Crippen LogP contribution in [0.4, 0.5) is 19.0 Å². The largest absolute Gasteiger partial charge is 0.433 e. The monoisotopic (exact) mass is 335 g/mol. The van der Waals surface area contributed by atoms with Gasteiger partial charge in [-0.05, 0) is 30.8 Å². The van der Waals surface area contributed by atoms with E-state index in [0.717, 1.165) is 44.1 Å². The Labute approximate surface area is 139 Å². The van der Waals surface area contributed by atoms with Gasteiger partial charge in [0.1, 0.15) is 11.5 Å². The first kappa shape index (κ1) is 15.7. The number of pyridine rings is 1. The Bertz CT molecular complexity index is 744. The van der Waals surface area contributed by atoms with E-state index in [1.807, 2.05) is 17.0 Å². The van der Waals surface area contributed by atoms with Crippen molar-refractivity contribution in [2.45, 2.75) is 31.5 Å². The molecule has 0 radical (unpaired) electrons. The molecule has 6 heteroatoms. The molecule has 4 rings (SSSR count). The normalized spacial score (nSPS) is 22.6. The van der Waals surface area contributed by atoms with Crippen LogP contribution in [0.3, 0.4) is 0 Å². The number of piperazine rings is 1. The first-order valence-corrected chi connectivity index (χ1v) is 8.48. The number of piperidine rings is 1. The number of fused-ring (bicyclic) bond motifs is 2. The summed E-state index contributed by atoms with van der Waals surface area (Å²) < 4.78 is 39.7. The Balaban J connectivity index is 1.75. The summed E-state index contributed by atoms with van der Waals surface area (Å²) >= 11 is 0.